The third kappa shape index (κ3) is 16.9. The molecule has 0 saturated carbocycles. The highest BCUT2D eigenvalue weighted by molar-refractivity contribution is 14.1. The van der Waals surface area contributed by atoms with E-state index in [0.717, 1.165) is 18.9 Å². The van der Waals surface area contributed by atoms with Crippen LogP contribution in [-0.2, 0) is 52.3 Å². The summed E-state index contributed by atoms with van der Waals surface area (Å²) in [5.74, 6) is 4.51. The number of carbonyl (C=O) groups is 3. The predicted octanol–water partition coefficient (Wildman–Crippen LogP) is 3.63. The smallest absolute Gasteiger partial charge is 0.411 e. The third-order valence-corrected chi connectivity index (χ3v) is 20.0. The van der Waals surface area contributed by atoms with E-state index >= 15 is 0 Å². The number of hydrogen-bond acceptors (Lipinski definition) is 28. The fourth-order valence-corrected chi connectivity index (χ4v) is 14.1. The monoisotopic (exact) mass is 1400 g/mol. The Balaban J connectivity index is 1.12. The van der Waals surface area contributed by atoms with Crippen molar-refractivity contribution in [3.63, 3.8) is 0 Å². The van der Waals surface area contributed by atoms with Gasteiger partial charge in [-0.05, 0) is 98.8 Å². The van der Waals surface area contributed by atoms with E-state index in [-0.39, 0.29) is 77.0 Å². The second-order valence-corrected chi connectivity index (χ2v) is 25.5. The lowest BCUT2D eigenvalue weighted by atomic mass is 9.80. The van der Waals surface area contributed by atoms with Gasteiger partial charge in [-0.1, -0.05) is 57.8 Å². The van der Waals surface area contributed by atoms with Gasteiger partial charge < -0.3 is 92.5 Å². The molecule has 9 N–H and O–H groups in total. The van der Waals surface area contributed by atoms with Gasteiger partial charge in [0, 0.05) is 50.2 Å². The van der Waals surface area contributed by atoms with Crippen LogP contribution in [0.5, 0.6) is 17.2 Å². The summed E-state index contributed by atoms with van der Waals surface area (Å²) in [5.41, 5.74) is 4.42. The summed E-state index contributed by atoms with van der Waals surface area (Å²) in [6, 6.07) is 5.26. The molecular weight excluding hydrogens is 1330 g/mol. The number of aliphatic hydroxyl groups is 5. The average molecular weight is 1400 g/mol. The first-order valence-electron chi connectivity index (χ1n) is 28.1. The molecule has 4 fully saturated rings. The number of aromatic nitrogens is 1. The van der Waals surface area contributed by atoms with Gasteiger partial charge in [-0.15, -0.1) is 0 Å². The number of thioether (sulfide) groups is 1. The maximum Gasteiger partial charge on any atom is 0.411 e. The molecule has 486 valence electrons. The third-order valence-electron chi connectivity index (χ3n) is 15.2. The topological polar surface area (TPSA) is 348 Å². The van der Waals surface area contributed by atoms with E-state index in [2.05, 4.69) is 32.6 Å². The predicted molar refractivity (Wildman–Crippen MR) is 331 cm³/mol. The largest absolute Gasteiger partial charge is 0.492 e. The Morgan fingerprint density at radius 3 is 2.34 bits per heavy atom. The lowest BCUT2D eigenvalue weighted by Crippen LogP contribution is -2.59. The summed E-state index contributed by atoms with van der Waals surface area (Å²) in [7, 11) is 11.2. The van der Waals surface area contributed by atoms with Crippen molar-refractivity contribution in [3.8, 4) is 29.1 Å². The maximum absolute atomic E-state index is 14.4. The molecule has 5 aliphatic rings. The fraction of sp³-hybridized carbons (Fsp3) is 0.603. The van der Waals surface area contributed by atoms with Crippen LogP contribution in [0.2, 0.25) is 0 Å². The van der Waals surface area contributed by atoms with Crippen molar-refractivity contribution in [2.75, 3.05) is 55.0 Å². The summed E-state index contributed by atoms with van der Waals surface area (Å²) in [5, 5.41) is 66.9. The number of carbonyl (C=O) groups excluding carboxylic acids is 3. The number of allylic oxidation sites excluding steroid dienone is 3. The van der Waals surface area contributed by atoms with Crippen molar-refractivity contribution in [2.45, 2.75) is 168 Å². The molecule has 1 aromatic heterocycles. The molecule has 2 aromatic rings. The summed E-state index contributed by atoms with van der Waals surface area (Å²) in [6.45, 7) is 8.51. The molecule has 4 saturated heterocycles. The summed E-state index contributed by atoms with van der Waals surface area (Å²) < 4.78 is 72.2. The number of ketones is 1. The number of benzene rings is 1. The van der Waals surface area contributed by atoms with E-state index < -0.39 is 127 Å². The highest BCUT2D eigenvalue weighted by Gasteiger charge is 2.51. The quantitative estimate of drug-likeness (QED) is 0.0159. The molecule has 30 heteroatoms. The zero-order valence-corrected chi connectivity index (χ0v) is 55.0. The second-order valence-electron chi connectivity index (χ2n) is 21.0. The molecule has 4 aliphatic heterocycles. The van der Waals surface area contributed by atoms with Crippen LogP contribution >= 0.6 is 55.9 Å². The van der Waals surface area contributed by atoms with Crippen LogP contribution in [0.25, 0.3) is 0 Å². The molecule has 26 nitrogen and oxygen atoms in total. The summed E-state index contributed by atoms with van der Waals surface area (Å²) >= 11 is 2.82. The van der Waals surface area contributed by atoms with Gasteiger partial charge in [0.05, 0.1) is 109 Å². The second kappa shape index (κ2) is 32.9. The molecule has 1 unspecified atom stereocenters. The molecular formula is C58H78IN5O21S3. The minimum absolute atomic E-state index is 0.00405. The minimum atomic E-state index is -2.29. The number of ether oxygens (including phenoxy) is 12. The van der Waals surface area contributed by atoms with Gasteiger partial charge in [-0.3, -0.25) is 20.6 Å². The zero-order chi connectivity index (χ0) is 64.1. The highest BCUT2D eigenvalue weighted by atomic mass is 127. The van der Waals surface area contributed by atoms with E-state index in [1.165, 1.54) is 55.2 Å². The van der Waals surface area contributed by atoms with Crippen molar-refractivity contribution in [1.29, 1.82) is 0 Å². The van der Waals surface area contributed by atoms with Gasteiger partial charge in [0.1, 0.15) is 41.3 Å². The number of likely N-dealkylation sites (N-methyl/N-ethyl adjacent to an activating group) is 1. The lowest BCUT2D eigenvalue weighted by Gasteiger charge is -2.45. The van der Waals surface area contributed by atoms with E-state index in [4.69, 9.17) is 67.4 Å². The Labute approximate surface area is 536 Å². The van der Waals surface area contributed by atoms with Crippen LogP contribution < -0.4 is 30.6 Å². The van der Waals surface area contributed by atoms with Gasteiger partial charge in [0.15, 0.2) is 29.9 Å². The molecule has 0 radical (unpaired) electrons. The van der Waals surface area contributed by atoms with Crippen molar-refractivity contribution in [2.24, 2.45) is 16.8 Å². The van der Waals surface area contributed by atoms with Crippen LogP contribution in [0.3, 0.4) is 0 Å². The number of aliphatic hydroxyl groups excluding tert-OH is 4. The van der Waals surface area contributed by atoms with Gasteiger partial charge in [0.2, 0.25) is 23.4 Å². The normalized spacial score (nSPS) is 33.6. The number of pyridine rings is 1. The summed E-state index contributed by atoms with van der Waals surface area (Å²) in [4.78, 5) is 51.5. The van der Waals surface area contributed by atoms with Crippen LogP contribution in [0, 0.1) is 28.3 Å². The molecule has 1 aliphatic carbocycles. The lowest BCUT2D eigenvalue weighted by molar-refractivity contribution is -0.326. The Morgan fingerprint density at radius 2 is 1.69 bits per heavy atom. The molecule has 88 heavy (non-hydrogen) atoms. The number of nitrogens with one attached hydrogen (secondary N) is 2. The van der Waals surface area contributed by atoms with Crippen molar-refractivity contribution < 1.29 is 102 Å². The number of hydrogen-bond donors (Lipinski definition) is 8. The van der Waals surface area contributed by atoms with E-state index in [0.29, 0.717) is 14.2 Å². The number of rotatable bonds is 22. The van der Waals surface area contributed by atoms with E-state index in [1.54, 1.807) is 73.2 Å². The van der Waals surface area contributed by atoms with Crippen molar-refractivity contribution >= 4 is 79.1 Å². The Hall–Kier alpha value is -4.19. The molecule has 1 aromatic carbocycles. The number of methoxy groups -OCH3 is 5. The number of alkyl carbamates (subject to hydrolysis) is 1. The molecule has 1 amide bonds. The number of nitrogens with zero attached hydrogens (tertiary/aromatic N) is 2. The van der Waals surface area contributed by atoms with Gasteiger partial charge in [-0.25, -0.2) is 9.78 Å². The van der Waals surface area contributed by atoms with Crippen LogP contribution in [-0.4, -0.2) is 218 Å². The molecule has 19 atom stereocenters. The van der Waals surface area contributed by atoms with Crippen LogP contribution in [0.4, 0.5) is 4.79 Å². The minimum Gasteiger partial charge on any atom is -0.492 e. The SMILES string of the molecule is C/C=C\C#C[C@H](O[C@@H]1O[C@H](C)C(/C=N/O[C@H]2C[C@H](O)[C@H](SC(=O)c3c(C)c(I)c(O[C@@H]4O[C@@H](C)[C@H](O)[C@@H](OC)[C@H]4O)c(OC)c3OC)[C@@H](C)O2)[C@H](O)[C@H]1O[C@H]1C[C@H](OC)[C@@H](NC)CO1)C1=C(NC(=O)OC)C(=O)C[C@](N)(O)/C1=C/CSSc1ccccn1. The number of nitrogens with two attached hydrogens (primary N) is 1. The first-order chi connectivity index (χ1) is 42.1. The van der Waals surface area contributed by atoms with Crippen molar-refractivity contribution in [3.05, 3.63) is 74.2 Å². The first-order valence-corrected chi connectivity index (χ1v) is 32.4. The summed E-state index contributed by atoms with van der Waals surface area (Å²) in [6.07, 6.45) is -10.9. The average Bonchev–Trinajstić information content (AvgIpc) is 0.989. The Bertz CT molecular complexity index is 2910. The Morgan fingerprint density at radius 1 is 0.955 bits per heavy atom. The van der Waals surface area contributed by atoms with Gasteiger partial charge in [-0.2, -0.15) is 0 Å². The maximum atomic E-state index is 14.4. The zero-order valence-electron chi connectivity index (χ0n) is 50.4. The van der Waals surface area contributed by atoms with Crippen LogP contribution in [0.15, 0.2) is 69.6 Å². The van der Waals surface area contributed by atoms with Gasteiger partial charge in [0.25, 0.3) is 0 Å². The molecule has 0 bridgehead atoms. The fourth-order valence-electron chi connectivity index (χ4n) is 10.6. The number of halogens is 1. The standard InChI is InChI=1S/C58H78IN5O21S3/c1-12-13-14-17-36(42-32(19-21-86-88-38-18-15-16-20-62-38)58(60,72)24-35(66)44(42)64-57(71)77-11)82-56-51(83-39-23-37(73-7)33(61-6)26-78-39)46(68)31(28(3)80-56)25-63-85-40-22-34(65)53(30(5)79-40)87-54(70)41-27(2)43(59)49(52(76-10)48(41)74-8)84-55-47(69)50(75-9)45(67)29(4)81-55/h12-13,15-16,18-20,25,28-31,33-34,36-37,39-40,45-47,50-51,53,55-56,61,65,67-69,72H,21-24,26,60H2,1-11H3,(H,64,71)/b13-12-,32-19+,63-25+/t28-,29+,30-,31?,33+,34+,36+,37+,39+,40+,45+,46+,47-,50-,51-,53-,55+,56+,58+/m1/s1. The van der Waals surface area contributed by atoms with Gasteiger partial charge >= 0.3 is 6.09 Å². The molecule has 7 rings (SSSR count). The van der Waals surface area contributed by atoms with E-state index in [1.807, 2.05) is 34.7 Å². The number of oxime groups is 1. The molecule has 0 spiro atoms. The van der Waals surface area contributed by atoms with Crippen LogP contribution in [0.1, 0.15) is 62.9 Å². The molecule has 5 heterocycles. The van der Waals surface area contributed by atoms with E-state index in [9.17, 15) is 39.9 Å². The number of amides is 1. The van der Waals surface area contributed by atoms with Crippen molar-refractivity contribution in [1.82, 2.24) is 15.6 Å². The Kier molecular flexibility index (Phi) is 26.6. The highest BCUT2D eigenvalue weighted by Crippen LogP contribution is 2.49. The first kappa shape index (κ1) is 71.3. The number of Topliss-reactive ketones (excluding diaryl/α,β-unsaturated/α-hetero) is 1.